The average molecular weight is 618 g/mol. The van der Waals surface area contributed by atoms with Crippen molar-refractivity contribution in [3.8, 4) is 11.1 Å². The highest BCUT2D eigenvalue weighted by Gasteiger charge is 2.27. The molecule has 2 aliphatic rings. The molecule has 0 atom stereocenters. The lowest BCUT2D eigenvalue weighted by molar-refractivity contribution is -0.111. The van der Waals surface area contributed by atoms with Gasteiger partial charge in [0.1, 0.15) is 0 Å². The summed E-state index contributed by atoms with van der Waals surface area (Å²) in [7, 11) is 0. The third-order valence-electron chi connectivity index (χ3n) is 7.97. The number of nitrogens with one attached hydrogen (secondary N) is 1. The first-order valence-corrected chi connectivity index (χ1v) is 16.3. The number of carbonyl (C=O) groups is 1. The van der Waals surface area contributed by atoms with Crippen LogP contribution < -0.4 is 15.1 Å². The maximum atomic E-state index is 11.9. The number of benzene rings is 6. The molecule has 0 fully saturated rings. The van der Waals surface area contributed by atoms with Crippen molar-refractivity contribution in [2.75, 3.05) is 15.1 Å². The molecule has 0 saturated heterocycles. The summed E-state index contributed by atoms with van der Waals surface area (Å²) in [5.41, 5.74) is 9.78. The summed E-state index contributed by atoms with van der Waals surface area (Å²) in [5.74, 6) is -0.223. The predicted molar refractivity (Wildman–Crippen MR) is 188 cm³/mol. The molecule has 8 rings (SSSR count). The van der Waals surface area contributed by atoms with Crippen molar-refractivity contribution < 1.29 is 4.79 Å². The molecule has 45 heavy (non-hydrogen) atoms. The van der Waals surface area contributed by atoms with Crippen LogP contribution in [0.5, 0.6) is 0 Å². The van der Waals surface area contributed by atoms with Gasteiger partial charge in [0, 0.05) is 36.6 Å². The van der Waals surface area contributed by atoms with E-state index in [9.17, 15) is 4.79 Å². The van der Waals surface area contributed by atoms with Gasteiger partial charge in [0.15, 0.2) is 0 Å². The van der Waals surface area contributed by atoms with E-state index in [1.165, 1.54) is 37.0 Å². The molecule has 0 radical (unpaired) electrons. The molecule has 0 bridgehead atoms. The molecule has 216 valence electrons. The van der Waals surface area contributed by atoms with E-state index in [1.54, 1.807) is 11.8 Å². The molecule has 1 N–H and O–H groups in total. The first-order chi connectivity index (χ1) is 22.2. The summed E-state index contributed by atoms with van der Waals surface area (Å²) in [5, 5.41) is 2.87. The molecule has 1 amide bonds. The Balaban J connectivity index is 1.18. The quantitative estimate of drug-likeness (QED) is 0.194. The Morgan fingerprint density at radius 1 is 0.533 bits per heavy atom. The molecule has 6 aromatic rings. The van der Waals surface area contributed by atoms with Gasteiger partial charge in [-0.15, -0.1) is 0 Å². The van der Waals surface area contributed by atoms with E-state index in [2.05, 4.69) is 143 Å². The summed E-state index contributed by atoms with van der Waals surface area (Å²) in [6.07, 6.45) is 1.28. The Labute approximate surface area is 271 Å². The SMILES string of the molecule is C=CC(=O)Nc1cccc(-c2ccc3c(c2)Sc2ccccc2N3c2ccc(N3c4ccccc4Sc4ccccc43)cc2)c1. The van der Waals surface area contributed by atoms with Gasteiger partial charge in [0.25, 0.3) is 0 Å². The van der Waals surface area contributed by atoms with Crippen molar-refractivity contribution in [1.82, 2.24) is 0 Å². The van der Waals surface area contributed by atoms with E-state index in [0.717, 1.165) is 39.6 Å². The molecule has 6 aromatic carbocycles. The smallest absolute Gasteiger partial charge is 0.247 e. The summed E-state index contributed by atoms with van der Waals surface area (Å²) >= 11 is 3.60. The van der Waals surface area contributed by atoms with Crippen LogP contribution in [0.25, 0.3) is 11.1 Å². The van der Waals surface area contributed by atoms with Crippen LogP contribution in [0.2, 0.25) is 0 Å². The number of hydrogen-bond acceptors (Lipinski definition) is 5. The zero-order chi connectivity index (χ0) is 30.3. The number of para-hydroxylation sites is 3. The molecule has 0 aliphatic carbocycles. The van der Waals surface area contributed by atoms with Gasteiger partial charge in [-0.05, 0) is 102 Å². The van der Waals surface area contributed by atoms with Crippen LogP contribution in [0.3, 0.4) is 0 Å². The van der Waals surface area contributed by atoms with Gasteiger partial charge in [-0.1, -0.05) is 84.7 Å². The van der Waals surface area contributed by atoms with Gasteiger partial charge in [0.05, 0.1) is 22.7 Å². The van der Waals surface area contributed by atoms with E-state index in [4.69, 9.17) is 0 Å². The van der Waals surface area contributed by atoms with E-state index < -0.39 is 0 Å². The Kier molecular flexibility index (Phi) is 6.93. The van der Waals surface area contributed by atoms with E-state index >= 15 is 0 Å². The van der Waals surface area contributed by atoms with E-state index in [-0.39, 0.29) is 5.91 Å². The average Bonchev–Trinajstić information content (AvgIpc) is 3.09. The highest BCUT2D eigenvalue weighted by Crippen LogP contribution is 2.54. The minimum atomic E-state index is -0.223. The second-order valence-corrected chi connectivity index (χ2v) is 12.9. The monoisotopic (exact) mass is 617 g/mol. The predicted octanol–water partition coefficient (Wildman–Crippen LogP) is 11.3. The minimum Gasteiger partial charge on any atom is -0.323 e. The van der Waals surface area contributed by atoms with Crippen LogP contribution in [0.4, 0.5) is 39.8 Å². The lowest BCUT2D eigenvalue weighted by Gasteiger charge is -2.35. The first-order valence-electron chi connectivity index (χ1n) is 14.7. The lowest BCUT2D eigenvalue weighted by atomic mass is 10.0. The Morgan fingerprint density at radius 2 is 1.02 bits per heavy atom. The maximum Gasteiger partial charge on any atom is 0.247 e. The van der Waals surface area contributed by atoms with Gasteiger partial charge in [-0.25, -0.2) is 0 Å². The second-order valence-electron chi connectivity index (χ2n) is 10.8. The molecular weight excluding hydrogens is 591 g/mol. The number of anilines is 7. The van der Waals surface area contributed by atoms with Crippen molar-refractivity contribution in [2.24, 2.45) is 0 Å². The highest BCUT2D eigenvalue weighted by molar-refractivity contribution is 8.00. The molecule has 0 saturated carbocycles. The fourth-order valence-electron chi connectivity index (χ4n) is 5.92. The Bertz CT molecular complexity index is 2060. The number of nitrogens with zero attached hydrogens (tertiary/aromatic N) is 2. The van der Waals surface area contributed by atoms with Gasteiger partial charge < -0.3 is 15.1 Å². The van der Waals surface area contributed by atoms with Crippen LogP contribution in [0, 0.1) is 0 Å². The van der Waals surface area contributed by atoms with E-state index in [0.29, 0.717) is 0 Å². The minimum absolute atomic E-state index is 0.223. The van der Waals surface area contributed by atoms with Crippen LogP contribution in [0.15, 0.2) is 172 Å². The molecule has 2 aliphatic heterocycles. The molecule has 6 heteroatoms. The van der Waals surface area contributed by atoms with Crippen molar-refractivity contribution in [2.45, 2.75) is 19.6 Å². The maximum absolute atomic E-state index is 11.9. The molecule has 0 aromatic heterocycles. The van der Waals surface area contributed by atoms with Crippen LogP contribution in [0.1, 0.15) is 0 Å². The van der Waals surface area contributed by atoms with E-state index in [1.807, 2.05) is 30.0 Å². The molecule has 0 spiro atoms. The fourth-order valence-corrected chi connectivity index (χ4v) is 8.07. The van der Waals surface area contributed by atoms with Gasteiger partial charge >= 0.3 is 0 Å². The largest absolute Gasteiger partial charge is 0.323 e. The summed E-state index contributed by atoms with van der Waals surface area (Å²) in [6, 6.07) is 49.2. The molecular formula is C39H27N3OS2. The first kappa shape index (κ1) is 27.4. The normalized spacial score (nSPS) is 12.8. The second kappa shape index (κ2) is 11.4. The van der Waals surface area contributed by atoms with Gasteiger partial charge in [-0.2, -0.15) is 0 Å². The van der Waals surface area contributed by atoms with Crippen LogP contribution in [-0.2, 0) is 4.79 Å². The summed E-state index contributed by atoms with van der Waals surface area (Å²) < 4.78 is 0. The number of hydrogen-bond donors (Lipinski definition) is 1. The third-order valence-corrected chi connectivity index (χ3v) is 10.2. The van der Waals surface area contributed by atoms with Crippen LogP contribution >= 0.6 is 23.5 Å². The highest BCUT2D eigenvalue weighted by atomic mass is 32.2. The van der Waals surface area contributed by atoms with Crippen molar-refractivity contribution in [3.05, 3.63) is 152 Å². The number of fused-ring (bicyclic) bond motifs is 4. The van der Waals surface area contributed by atoms with Gasteiger partial charge in [0.2, 0.25) is 5.91 Å². The topological polar surface area (TPSA) is 35.6 Å². The number of rotatable bonds is 5. The summed E-state index contributed by atoms with van der Waals surface area (Å²) in [6.45, 7) is 3.56. The van der Waals surface area contributed by atoms with Crippen LogP contribution in [-0.4, -0.2) is 5.91 Å². The lowest BCUT2D eigenvalue weighted by Crippen LogP contribution is -2.16. The Hall–Kier alpha value is -5.17. The zero-order valence-corrected chi connectivity index (χ0v) is 25.8. The van der Waals surface area contributed by atoms with Crippen molar-refractivity contribution >= 4 is 69.2 Å². The standard InChI is InChI=1S/C39H27N3OS2/c1-2-39(43)40-28-11-9-10-26(24-28)27-18-23-34-38(25-27)45-37-17-8-5-14-33(37)42(34)30-21-19-29(20-22-30)41-31-12-3-6-15-35(31)44-36-16-7-4-13-32(36)41/h2-25H,1H2,(H,40,43). The molecule has 0 unspecified atom stereocenters. The van der Waals surface area contributed by atoms with Crippen molar-refractivity contribution in [3.63, 3.8) is 0 Å². The molecule has 2 heterocycles. The summed E-state index contributed by atoms with van der Waals surface area (Å²) in [4.78, 5) is 21.5. The fraction of sp³-hybridized carbons (Fsp3) is 0. The number of carbonyl (C=O) groups excluding carboxylic acids is 1. The molecule has 4 nitrogen and oxygen atoms in total. The zero-order valence-electron chi connectivity index (χ0n) is 24.2. The van der Waals surface area contributed by atoms with Gasteiger partial charge in [-0.3, -0.25) is 4.79 Å². The Morgan fingerprint density at radius 3 is 1.58 bits per heavy atom. The van der Waals surface area contributed by atoms with Crippen molar-refractivity contribution in [1.29, 1.82) is 0 Å². The number of amides is 1. The third kappa shape index (κ3) is 4.98.